The quantitative estimate of drug-likeness (QED) is 0.686. The molecule has 26 heavy (non-hydrogen) atoms. The molecule has 2 aromatic carbocycles. The smallest absolute Gasteiger partial charge is 0.268 e. The molecule has 1 heterocycles. The predicted octanol–water partition coefficient (Wildman–Crippen LogP) is 4.54. The minimum atomic E-state index is -4.42. The van der Waals surface area contributed by atoms with Gasteiger partial charge in [0.05, 0.1) is 17.8 Å². The van der Waals surface area contributed by atoms with Gasteiger partial charge in [-0.25, -0.2) is 4.68 Å². The molecule has 0 aliphatic rings. The van der Waals surface area contributed by atoms with Gasteiger partial charge < -0.3 is 0 Å². The van der Waals surface area contributed by atoms with Gasteiger partial charge in [0, 0.05) is 11.6 Å². The van der Waals surface area contributed by atoms with Gasteiger partial charge in [-0.3, -0.25) is 4.79 Å². The molecule has 0 unspecified atom stereocenters. The highest BCUT2D eigenvalue weighted by Gasteiger charge is 2.30. The molecule has 0 saturated heterocycles. The Kier molecular flexibility index (Phi) is 4.93. The Hall–Kier alpha value is -2.89. The van der Waals surface area contributed by atoms with E-state index in [1.54, 1.807) is 12.1 Å². The van der Waals surface area contributed by atoms with Crippen molar-refractivity contribution >= 4 is 0 Å². The van der Waals surface area contributed by atoms with E-state index in [0.717, 1.165) is 24.1 Å². The molecule has 0 aliphatic carbocycles. The van der Waals surface area contributed by atoms with E-state index in [1.807, 2.05) is 24.3 Å². The second kappa shape index (κ2) is 7.15. The molecule has 3 nitrogen and oxygen atoms in total. The van der Waals surface area contributed by atoms with E-state index in [2.05, 4.69) is 12.0 Å². The molecule has 0 aliphatic heterocycles. The molecule has 0 spiro atoms. The first kappa shape index (κ1) is 17.9. The van der Waals surface area contributed by atoms with Crippen LogP contribution in [0.25, 0.3) is 11.3 Å². The van der Waals surface area contributed by atoms with Crippen LogP contribution in [0.15, 0.2) is 65.5 Å². The number of rotatable bonds is 4. The van der Waals surface area contributed by atoms with E-state index >= 15 is 0 Å². The van der Waals surface area contributed by atoms with Crippen molar-refractivity contribution in [3.8, 4) is 11.3 Å². The summed E-state index contributed by atoms with van der Waals surface area (Å²) >= 11 is 0. The molecule has 0 saturated carbocycles. The molecule has 3 rings (SSSR count). The molecule has 0 N–H and O–H groups in total. The summed E-state index contributed by atoms with van der Waals surface area (Å²) in [4.78, 5) is 12.1. The highest BCUT2D eigenvalue weighted by Crippen LogP contribution is 2.29. The summed E-state index contributed by atoms with van der Waals surface area (Å²) in [5.74, 6) is 0. The summed E-state index contributed by atoms with van der Waals surface area (Å²) in [6.07, 6.45) is -3.50. The summed E-state index contributed by atoms with van der Waals surface area (Å²) in [5.41, 5.74) is 1.89. The first-order chi connectivity index (χ1) is 12.4. The van der Waals surface area contributed by atoms with Crippen molar-refractivity contribution in [2.75, 3.05) is 0 Å². The number of hydrogen-bond acceptors (Lipinski definition) is 2. The Morgan fingerprint density at radius 2 is 1.69 bits per heavy atom. The third-order valence-corrected chi connectivity index (χ3v) is 4.11. The Morgan fingerprint density at radius 3 is 2.35 bits per heavy atom. The second-order valence-corrected chi connectivity index (χ2v) is 5.96. The van der Waals surface area contributed by atoms with Crippen LogP contribution in [-0.4, -0.2) is 9.78 Å². The summed E-state index contributed by atoms with van der Waals surface area (Å²) in [5, 5.41) is 4.31. The van der Waals surface area contributed by atoms with Gasteiger partial charge >= 0.3 is 6.18 Å². The van der Waals surface area contributed by atoms with E-state index in [1.165, 1.54) is 22.4 Å². The van der Waals surface area contributed by atoms with Crippen LogP contribution in [0.3, 0.4) is 0 Å². The number of nitrogens with zero attached hydrogens (tertiary/aromatic N) is 2. The lowest BCUT2D eigenvalue weighted by Gasteiger charge is -2.10. The van der Waals surface area contributed by atoms with Crippen molar-refractivity contribution in [2.24, 2.45) is 0 Å². The van der Waals surface area contributed by atoms with Crippen LogP contribution in [0.1, 0.15) is 23.6 Å². The maximum Gasteiger partial charge on any atom is 0.416 e. The Labute approximate surface area is 148 Å². The molecular weight excluding hydrogens is 341 g/mol. The van der Waals surface area contributed by atoms with Crippen LogP contribution in [0.4, 0.5) is 13.2 Å². The van der Waals surface area contributed by atoms with Crippen molar-refractivity contribution in [1.82, 2.24) is 9.78 Å². The van der Waals surface area contributed by atoms with Gasteiger partial charge in [0.25, 0.3) is 5.56 Å². The van der Waals surface area contributed by atoms with Crippen LogP contribution in [0.2, 0.25) is 0 Å². The molecule has 0 radical (unpaired) electrons. The Balaban J connectivity index is 1.92. The fourth-order valence-electron chi connectivity index (χ4n) is 2.65. The highest BCUT2D eigenvalue weighted by molar-refractivity contribution is 5.58. The van der Waals surface area contributed by atoms with Crippen LogP contribution < -0.4 is 5.56 Å². The van der Waals surface area contributed by atoms with E-state index in [0.29, 0.717) is 11.3 Å². The number of aromatic nitrogens is 2. The standard InChI is InChI=1S/C20H17F3N2O/c1-2-14-6-8-16(9-7-14)18-10-11-19(26)25(24-18)13-15-4-3-5-17(12-15)20(21,22)23/h3-12H,2,13H2,1H3. The van der Waals surface area contributed by atoms with E-state index < -0.39 is 11.7 Å². The number of benzene rings is 2. The van der Waals surface area contributed by atoms with Gasteiger partial charge in [-0.15, -0.1) is 0 Å². The molecule has 134 valence electrons. The topological polar surface area (TPSA) is 34.9 Å². The number of alkyl halides is 3. The van der Waals surface area contributed by atoms with Gasteiger partial charge in [0.2, 0.25) is 0 Å². The van der Waals surface area contributed by atoms with E-state index in [-0.39, 0.29) is 12.1 Å². The van der Waals surface area contributed by atoms with Crippen molar-refractivity contribution < 1.29 is 13.2 Å². The third kappa shape index (κ3) is 4.02. The normalized spacial score (nSPS) is 11.5. The fraction of sp³-hybridized carbons (Fsp3) is 0.200. The van der Waals surface area contributed by atoms with Crippen molar-refractivity contribution in [3.63, 3.8) is 0 Å². The van der Waals surface area contributed by atoms with Crippen molar-refractivity contribution in [2.45, 2.75) is 26.1 Å². The van der Waals surface area contributed by atoms with E-state index in [4.69, 9.17) is 0 Å². The SMILES string of the molecule is CCc1ccc(-c2ccc(=O)n(Cc3cccc(C(F)(F)F)c3)n2)cc1. The highest BCUT2D eigenvalue weighted by atomic mass is 19.4. The van der Waals surface area contributed by atoms with Gasteiger partial charge in [-0.1, -0.05) is 43.3 Å². The first-order valence-electron chi connectivity index (χ1n) is 8.20. The van der Waals surface area contributed by atoms with Crippen molar-refractivity contribution in [3.05, 3.63) is 87.7 Å². The lowest BCUT2D eigenvalue weighted by atomic mass is 10.1. The largest absolute Gasteiger partial charge is 0.416 e. The minimum Gasteiger partial charge on any atom is -0.268 e. The monoisotopic (exact) mass is 358 g/mol. The Bertz CT molecular complexity index is 960. The first-order valence-corrected chi connectivity index (χ1v) is 8.20. The van der Waals surface area contributed by atoms with Crippen LogP contribution in [0, 0.1) is 0 Å². The van der Waals surface area contributed by atoms with E-state index in [9.17, 15) is 18.0 Å². The van der Waals surface area contributed by atoms with Crippen molar-refractivity contribution in [1.29, 1.82) is 0 Å². The molecular formula is C20H17F3N2O. The number of aryl methyl sites for hydroxylation is 1. The zero-order valence-corrected chi connectivity index (χ0v) is 14.1. The molecule has 0 bridgehead atoms. The average Bonchev–Trinajstić information content (AvgIpc) is 2.63. The fourth-order valence-corrected chi connectivity index (χ4v) is 2.65. The lowest BCUT2D eigenvalue weighted by molar-refractivity contribution is -0.137. The maximum atomic E-state index is 12.8. The predicted molar refractivity (Wildman–Crippen MR) is 93.9 cm³/mol. The molecule has 3 aromatic rings. The Morgan fingerprint density at radius 1 is 0.962 bits per heavy atom. The number of halogens is 3. The third-order valence-electron chi connectivity index (χ3n) is 4.11. The molecule has 0 atom stereocenters. The van der Waals surface area contributed by atoms with Crippen LogP contribution >= 0.6 is 0 Å². The summed E-state index contributed by atoms with van der Waals surface area (Å²) in [6, 6.07) is 15.7. The van der Waals surface area contributed by atoms with Crippen LogP contribution in [-0.2, 0) is 19.1 Å². The minimum absolute atomic E-state index is 0.0242. The van der Waals surface area contributed by atoms with Gasteiger partial charge in [-0.2, -0.15) is 18.3 Å². The van der Waals surface area contributed by atoms with Gasteiger partial charge in [-0.05, 0) is 35.7 Å². The molecule has 0 amide bonds. The summed E-state index contributed by atoms with van der Waals surface area (Å²) < 4.78 is 39.7. The second-order valence-electron chi connectivity index (χ2n) is 5.96. The molecule has 1 aromatic heterocycles. The lowest BCUT2D eigenvalue weighted by Crippen LogP contribution is -2.23. The summed E-state index contributed by atoms with van der Waals surface area (Å²) in [6.45, 7) is 2.03. The van der Waals surface area contributed by atoms with Gasteiger partial charge in [0.1, 0.15) is 0 Å². The maximum absolute atomic E-state index is 12.8. The zero-order chi connectivity index (χ0) is 18.7. The summed E-state index contributed by atoms with van der Waals surface area (Å²) in [7, 11) is 0. The van der Waals surface area contributed by atoms with Gasteiger partial charge in [0.15, 0.2) is 0 Å². The average molecular weight is 358 g/mol. The molecule has 0 fully saturated rings. The molecule has 6 heteroatoms. The zero-order valence-electron chi connectivity index (χ0n) is 14.1. The van der Waals surface area contributed by atoms with Crippen LogP contribution in [0.5, 0.6) is 0 Å². The number of hydrogen-bond donors (Lipinski definition) is 0.